The van der Waals surface area contributed by atoms with Crippen molar-refractivity contribution < 1.29 is 0 Å². The van der Waals surface area contributed by atoms with Crippen LogP contribution in [0.3, 0.4) is 0 Å². The molecule has 0 saturated carbocycles. The molecule has 4 N–H and O–H groups in total. The van der Waals surface area contributed by atoms with Crippen molar-refractivity contribution in [3.05, 3.63) is 59.7 Å². The maximum Gasteiger partial charge on any atom is 0.124 e. The van der Waals surface area contributed by atoms with Crippen molar-refractivity contribution in [2.75, 3.05) is 13.1 Å². The molecule has 2 atom stereocenters. The van der Waals surface area contributed by atoms with Crippen LogP contribution in [0.25, 0.3) is 42.9 Å². The molecule has 5 aromatic rings. The first-order chi connectivity index (χ1) is 18.2. The van der Waals surface area contributed by atoms with Crippen molar-refractivity contribution in [2.45, 2.75) is 64.0 Å². The molecule has 2 aliphatic rings. The standard InChI is InChI=1S/C30H34N6S/c1-2-3-6-19-17-27(18-9-11-21-25(15-18)35-29(33-21)23-7-4-13-31-23)37-28(19)20-10-12-22-26(16-20)36-30(34-22)24-8-5-14-32-24/h9-12,15-17,23-24,31-32H,2-8,13-14H2,1H3,(H,33,35)(H,34,36)/t23-,24-/m0/s1. The van der Waals surface area contributed by atoms with E-state index in [0.717, 1.165) is 66.1 Å². The molecule has 37 heavy (non-hydrogen) atoms. The smallest absolute Gasteiger partial charge is 0.124 e. The molecule has 5 heterocycles. The molecule has 190 valence electrons. The fourth-order valence-electron chi connectivity index (χ4n) is 5.89. The van der Waals surface area contributed by atoms with Crippen molar-refractivity contribution in [3.63, 3.8) is 0 Å². The lowest BCUT2D eigenvalue weighted by Crippen LogP contribution is -2.13. The van der Waals surface area contributed by atoms with E-state index >= 15 is 0 Å². The van der Waals surface area contributed by atoms with Gasteiger partial charge in [-0.05, 0) is 98.6 Å². The molecular weight excluding hydrogens is 476 g/mol. The van der Waals surface area contributed by atoms with Gasteiger partial charge in [0.1, 0.15) is 11.6 Å². The number of aromatic amines is 2. The molecule has 2 saturated heterocycles. The number of thiophene rings is 1. The van der Waals surface area contributed by atoms with Crippen LogP contribution in [0.4, 0.5) is 0 Å². The number of imidazole rings is 2. The van der Waals surface area contributed by atoms with Crippen LogP contribution in [0.1, 0.15) is 74.7 Å². The Hall–Kier alpha value is -3.00. The third-order valence-electron chi connectivity index (χ3n) is 7.94. The number of nitrogens with one attached hydrogen (secondary N) is 4. The molecule has 0 amide bonds. The summed E-state index contributed by atoms with van der Waals surface area (Å²) in [7, 11) is 0. The first kappa shape index (κ1) is 23.1. The van der Waals surface area contributed by atoms with Gasteiger partial charge in [-0.2, -0.15) is 0 Å². The molecule has 0 unspecified atom stereocenters. The van der Waals surface area contributed by atoms with Crippen LogP contribution in [0.15, 0.2) is 42.5 Å². The van der Waals surface area contributed by atoms with E-state index in [1.54, 1.807) is 0 Å². The Morgan fingerprint density at radius 1 is 0.811 bits per heavy atom. The van der Waals surface area contributed by atoms with E-state index in [0.29, 0.717) is 12.1 Å². The zero-order chi connectivity index (χ0) is 24.8. The maximum atomic E-state index is 4.89. The Labute approximate surface area is 221 Å². The number of hydrogen-bond acceptors (Lipinski definition) is 5. The van der Waals surface area contributed by atoms with Crippen LogP contribution in [-0.2, 0) is 6.42 Å². The molecule has 2 aliphatic heterocycles. The topological polar surface area (TPSA) is 81.4 Å². The minimum absolute atomic E-state index is 0.353. The van der Waals surface area contributed by atoms with E-state index in [4.69, 9.17) is 9.97 Å². The molecule has 0 aliphatic carbocycles. The molecule has 0 spiro atoms. The second-order valence-corrected chi connectivity index (χ2v) is 11.6. The largest absolute Gasteiger partial charge is 0.341 e. The molecule has 2 aromatic carbocycles. The van der Waals surface area contributed by atoms with Crippen LogP contribution in [0, 0.1) is 0 Å². The molecule has 0 bridgehead atoms. The summed E-state index contributed by atoms with van der Waals surface area (Å²) in [6.45, 7) is 4.43. The number of unbranched alkanes of at least 4 members (excludes halogenated alkanes) is 1. The average molecular weight is 511 g/mol. The Morgan fingerprint density at radius 2 is 1.43 bits per heavy atom. The normalized spacial score (nSPS) is 20.0. The van der Waals surface area contributed by atoms with Gasteiger partial charge in [0.05, 0.1) is 34.2 Å². The number of rotatable bonds is 7. The Kier molecular flexibility index (Phi) is 6.07. The molecule has 3 aromatic heterocycles. The first-order valence-electron chi connectivity index (χ1n) is 13.8. The van der Waals surface area contributed by atoms with Gasteiger partial charge >= 0.3 is 0 Å². The maximum absolute atomic E-state index is 4.89. The van der Waals surface area contributed by atoms with Crippen LogP contribution < -0.4 is 10.6 Å². The lowest BCUT2D eigenvalue weighted by atomic mass is 10.0. The number of H-pyrrole nitrogens is 2. The van der Waals surface area contributed by atoms with E-state index < -0.39 is 0 Å². The van der Waals surface area contributed by atoms with E-state index in [1.165, 1.54) is 52.1 Å². The summed E-state index contributed by atoms with van der Waals surface area (Å²) in [6.07, 6.45) is 8.24. The van der Waals surface area contributed by atoms with Gasteiger partial charge in [-0.3, -0.25) is 0 Å². The second kappa shape index (κ2) is 9.71. The highest BCUT2D eigenvalue weighted by molar-refractivity contribution is 7.19. The van der Waals surface area contributed by atoms with Crippen LogP contribution in [-0.4, -0.2) is 33.0 Å². The Balaban J connectivity index is 1.24. The van der Waals surface area contributed by atoms with E-state index in [2.05, 4.69) is 70.0 Å². The predicted molar refractivity (Wildman–Crippen MR) is 153 cm³/mol. The fourth-order valence-corrected chi connectivity index (χ4v) is 7.09. The third-order valence-corrected chi connectivity index (χ3v) is 9.21. The number of hydrogen-bond donors (Lipinski definition) is 4. The van der Waals surface area contributed by atoms with Crippen molar-refractivity contribution in [3.8, 4) is 20.9 Å². The summed E-state index contributed by atoms with van der Waals surface area (Å²) in [5, 5.41) is 7.12. The molecular formula is C30H34N6S. The van der Waals surface area contributed by atoms with Gasteiger partial charge in [0.2, 0.25) is 0 Å². The predicted octanol–water partition coefficient (Wildman–Crippen LogP) is 7.03. The minimum Gasteiger partial charge on any atom is -0.341 e. The van der Waals surface area contributed by atoms with Crippen molar-refractivity contribution in [1.82, 2.24) is 30.6 Å². The Bertz CT molecular complexity index is 1550. The van der Waals surface area contributed by atoms with E-state index in [1.807, 2.05) is 11.3 Å². The highest BCUT2D eigenvalue weighted by Crippen LogP contribution is 2.40. The number of aryl methyl sites for hydroxylation is 1. The molecule has 6 nitrogen and oxygen atoms in total. The van der Waals surface area contributed by atoms with E-state index in [-0.39, 0.29) is 0 Å². The Morgan fingerprint density at radius 3 is 2.03 bits per heavy atom. The highest BCUT2D eigenvalue weighted by Gasteiger charge is 2.21. The monoisotopic (exact) mass is 510 g/mol. The van der Waals surface area contributed by atoms with Crippen molar-refractivity contribution in [1.29, 1.82) is 0 Å². The summed E-state index contributed by atoms with van der Waals surface area (Å²) in [5.41, 5.74) is 8.33. The lowest BCUT2D eigenvalue weighted by Gasteiger charge is -2.04. The summed E-state index contributed by atoms with van der Waals surface area (Å²) in [6, 6.07) is 16.5. The summed E-state index contributed by atoms with van der Waals surface area (Å²) < 4.78 is 0. The molecule has 0 radical (unpaired) electrons. The van der Waals surface area contributed by atoms with Gasteiger partial charge in [-0.1, -0.05) is 25.5 Å². The molecule has 7 rings (SSSR count). The second-order valence-electron chi connectivity index (χ2n) is 10.6. The van der Waals surface area contributed by atoms with Gasteiger partial charge in [0.25, 0.3) is 0 Å². The molecule has 2 fully saturated rings. The number of fused-ring (bicyclic) bond motifs is 2. The van der Waals surface area contributed by atoms with Gasteiger partial charge < -0.3 is 20.6 Å². The fraction of sp³-hybridized carbons (Fsp3) is 0.400. The first-order valence-corrected chi connectivity index (χ1v) is 14.7. The average Bonchev–Trinajstić information content (AvgIpc) is 3.74. The SMILES string of the molecule is CCCCc1cc(-c2ccc3nc([C@@H]4CCCN4)[nH]c3c2)sc1-c1ccc2nc([C@@H]3CCCN3)[nH]c2c1. The van der Waals surface area contributed by atoms with Crippen LogP contribution in [0.2, 0.25) is 0 Å². The van der Waals surface area contributed by atoms with Gasteiger partial charge in [-0.25, -0.2) is 9.97 Å². The van der Waals surface area contributed by atoms with Gasteiger partial charge in [0.15, 0.2) is 0 Å². The number of nitrogens with zero attached hydrogens (tertiary/aromatic N) is 2. The zero-order valence-electron chi connectivity index (χ0n) is 21.4. The quantitative estimate of drug-likeness (QED) is 0.190. The minimum atomic E-state index is 0.353. The zero-order valence-corrected chi connectivity index (χ0v) is 22.2. The molecule has 7 heteroatoms. The van der Waals surface area contributed by atoms with Gasteiger partial charge in [-0.15, -0.1) is 11.3 Å². The number of benzene rings is 2. The van der Waals surface area contributed by atoms with Crippen molar-refractivity contribution in [2.24, 2.45) is 0 Å². The summed E-state index contributed by atoms with van der Waals surface area (Å²) in [4.78, 5) is 19.7. The highest BCUT2D eigenvalue weighted by atomic mass is 32.1. The number of aromatic nitrogens is 4. The van der Waals surface area contributed by atoms with Crippen molar-refractivity contribution >= 4 is 33.4 Å². The lowest BCUT2D eigenvalue weighted by molar-refractivity contribution is 0.614. The van der Waals surface area contributed by atoms with Crippen LogP contribution >= 0.6 is 11.3 Å². The summed E-state index contributed by atoms with van der Waals surface area (Å²) >= 11 is 1.90. The van der Waals surface area contributed by atoms with E-state index in [9.17, 15) is 0 Å². The van der Waals surface area contributed by atoms with Crippen LogP contribution in [0.5, 0.6) is 0 Å². The third kappa shape index (κ3) is 4.39. The summed E-state index contributed by atoms with van der Waals surface area (Å²) in [5.74, 6) is 2.14. The van der Waals surface area contributed by atoms with Gasteiger partial charge in [0, 0.05) is 9.75 Å².